The van der Waals surface area contributed by atoms with Crippen LogP contribution in [-0.2, 0) is 19.5 Å². The molecule has 4 rings (SSSR count). The van der Waals surface area contributed by atoms with Crippen molar-refractivity contribution in [1.29, 1.82) is 0 Å². The Morgan fingerprint density at radius 1 is 0.846 bits per heavy atom. The van der Waals surface area contributed by atoms with Crippen molar-refractivity contribution >= 4 is 0 Å². The van der Waals surface area contributed by atoms with Crippen LogP contribution in [0, 0.1) is 13.8 Å². The van der Waals surface area contributed by atoms with Gasteiger partial charge < -0.3 is 0 Å². The summed E-state index contributed by atoms with van der Waals surface area (Å²) in [5.41, 5.74) is 8.64. The highest BCUT2D eigenvalue weighted by atomic mass is 15.1. The Labute approximate surface area is 157 Å². The van der Waals surface area contributed by atoms with E-state index in [1.807, 2.05) is 0 Å². The van der Waals surface area contributed by atoms with Gasteiger partial charge in [-0.05, 0) is 48.1 Å². The van der Waals surface area contributed by atoms with Crippen LogP contribution in [0.3, 0.4) is 0 Å². The summed E-state index contributed by atoms with van der Waals surface area (Å²) >= 11 is 0. The molecule has 3 aromatic rings. The van der Waals surface area contributed by atoms with Crippen LogP contribution in [0.15, 0.2) is 72.8 Å². The van der Waals surface area contributed by atoms with E-state index in [-0.39, 0.29) is 0 Å². The van der Waals surface area contributed by atoms with E-state index < -0.39 is 0 Å². The Kier molecular flexibility index (Phi) is 4.90. The zero-order valence-electron chi connectivity index (χ0n) is 15.8. The lowest BCUT2D eigenvalue weighted by atomic mass is 9.84. The highest BCUT2D eigenvalue weighted by Gasteiger charge is 2.25. The molecule has 0 radical (unpaired) electrons. The van der Waals surface area contributed by atoms with Gasteiger partial charge in [-0.15, -0.1) is 0 Å². The van der Waals surface area contributed by atoms with Crippen LogP contribution in [0.25, 0.3) is 0 Å². The molecule has 0 saturated heterocycles. The quantitative estimate of drug-likeness (QED) is 0.593. The van der Waals surface area contributed by atoms with E-state index in [2.05, 4.69) is 91.5 Å². The molecule has 132 valence electrons. The van der Waals surface area contributed by atoms with Gasteiger partial charge in [0.15, 0.2) is 0 Å². The second-order valence-electron chi connectivity index (χ2n) is 7.68. The predicted molar refractivity (Wildman–Crippen MR) is 109 cm³/mol. The van der Waals surface area contributed by atoms with E-state index in [1.54, 1.807) is 0 Å². The van der Waals surface area contributed by atoms with Crippen molar-refractivity contribution in [2.24, 2.45) is 0 Å². The average molecular weight is 341 g/mol. The minimum Gasteiger partial charge on any atom is -0.294 e. The first-order valence-electron chi connectivity index (χ1n) is 9.59. The van der Waals surface area contributed by atoms with Crippen LogP contribution in [0.5, 0.6) is 0 Å². The fourth-order valence-electron chi connectivity index (χ4n) is 4.14. The molecule has 0 bridgehead atoms. The van der Waals surface area contributed by atoms with Crippen molar-refractivity contribution in [3.8, 4) is 0 Å². The van der Waals surface area contributed by atoms with Gasteiger partial charge in [-0.25, -0.2) is 0 Å². The third kappa shape index (κ3) is 3.73. The fourth-order valence-corrected chi connectivity index (χ4v) is 4.14. The van der Waals surface area contributed by atoms with Crippen LogP contribution in [-0.4, -0.2) is 11.4 Å². The summed E-state index contributed by atoms with van der Waals surface area (Å²) in [6.45, 7) is 7.58. The second-order valence-corrected chi connectivity index (χ2v) is 7.68. The van der Waals surface area contributed by atoms with Gasteiger partial charge in [-0.3, -0.25) is 4.90 Å². The summed E-state index contributed by atoms with van der Waals surface area (Å²) in [6, 6.07) is 26.8. The lowest BCUT2D eigenvalue weighted by molar-refractivity contribution is 0.220. The van der Waals surface area contributed by atoms with Crippen molar-refractivity contribution in [2.45, 2.75) is 39.3 Å². The number of fused-ring (bicyclic) bond motifs is 1. The molecule has 1 heteroatoms. The first kappa shape index (κ1) is 17.1. The molecule has 1 aliphatic heterocycles. The highest BCUT2D eigenvalue weighted by Crippen LogP contribution is 2.32. The molecule has 1 atom stereocenters. The molecule has 0 saturated carbocycles. The number of benzene rings is 3. The van der Waals surface area contributed by atoms with E-state index in [4.69, 9.17) is 0 Å². The summed E-state index contributed by atoms with van der Waals surface area (Å²) in [5, 5.41) is 0. The Balaban J connectivity index is 1.58. The van der Waals surface area contributed by atoms with Crippen LogP contribution < -0.4 is 0 Å². The molecule has 1 heterocycles. The van der Waals surface area contributed by atoms with Gasteiger partial charge in [0, 0.05) is 25.6 Å². The van der Waals surface area contributed by atoms with E-state index in [9.17, 15) is 0 Å². The molecule has 1 nitrogen and oxygen atoms in total. The van der Waals surface area contributed by atoms with Crippen molar-refractivity contribution in [3.63, 3.8) is 0 Å². The Morgan fingerprint density at radius 3 is 2.38 bits per heavy atom. The molecular formula is C25H27N. The van der Waals surface area contributed by atoms with E-state index in [0.717, 1.165) is 26.1 Å². The van der Waals surface area contributed by atoms with E-state index in [1.165, 1.54) is 33.4 Å². The fraction of sp³-hybridized carbons (Fsp3) is 0.280. The van der Waals surface area contributed by atoms with Crippen LogP contribution in [0.2, 0.25) is 0 Å². The maximum Gasteiger partial charge on any atom is 0.0240 e. The molecule has 1 unspecified atom stereocenters. The minimum atomic E-state index is 0.562. The Morgan fingerprint density at radius 2 is 1.58 bits per heavy atom. The van der Waals surface area contributed by atoms with Crippen molar-refractivity contribution in [1.82, 2.24) is 4.90 Å². The van der Waals surface area contributed by atoms with Crippen molar-refractivity contribution in [3.05, 3.63) is 106 Å². The molecule has 0 spiro atoms. The number of nitrogens with zero attached hydrogens (tertiary/aromatic N) is 1. The zero-order valence-corrected chi connectivity index (χ0v) is 15.8. The van der Waals surface area contributed by atoms with Crippen molar-refractivity contribution in [2.75, 3.05) is 6.54 Å². The van der Waals surface area contributed by atoms with Gasteiger partial charge >= 0.3 is 0 Å². The molecule has 1 aliphatic rings. The minimum absolute atomic E-state index is 0.562. The normalized spacial score (nSPS) is 17.1. The van der Waals surface area contributed by atoms with Gasteiger partial charge in [0.1, 0.15) is 0 Å². The highest BCUT2D eigenvalue weighted by molar-refractivity contribution is 5.36. The first-order chi connectivity index (χ1) is 12.7. The zero-order chi connectivity index (χ0) is 17.9. The molecule has 0 aromatic heterocycles. The first-order valence-corrected chi connectivity index (χ1v) is 9.59. The third-order valence-electron chi connectivity index (χ3n) is 5.62. The standard InChI is InChI=1S/C25H27N/c1-19-11-13-21(14-12-19)16-26-17-23-9-5-6-10-25(23)24(18-26)15-22-8-4-3-7-20(22)2/h3-14,24H,15-18H2,1-2H3. The van der Waals surface area contributed by atoms with Gasteiger partial charge in [-0.2, -0.15) is 0 Å². The lowest BCUT2D eigenvalue weighted by Gasteiger charge is -2.35. The van der Waals surface area contributed by atoms with Gasteiger partial charge in [-0.1, -0.05) is 78.4 Å². The predicted octanol–water partition coefficient (Wildman–Crippen LogP) is 5.65. The smallest absolute Gasteiger partial charge is 0.0240 e. The molecule has 3 aromatic carbocycles. The second kappa shape index (κ2) is 7.47. The van der Waals surface area contributed by atoms with Crippen LogP contribution >= 0.6 is 0 Å². The third-order valence-corrected chi connectivity index (χ3v) is 5.62. The molecule has 0 fully saturated rings. The summed E-state index contributed by atoms with van der Waals surface area (Å²) in [6.07, 6.45) is 1.12. The van der Waals surface area contributed by atoms with Crippen LogP contribution in [0.1, 0.15) is 39.3 Å². The molecule has 0 aliphatic carbocycles. The van der Waals surface area contributed by atoms with Gasteiger partial charge in [0.25, 0.3) is 0 Å². The topological polar surface area (TPSA) is 3.24 Å². The Bertz CT molecular complexity index is 879. The number of hydrogen-bond acceptors (Lipinski definition) is 1. The molecular weight excluding hydrogens is 314 g/mol. The molecule has 26 heavy (non-hydrogen) atoms. The SMILES string of the molecule is Cc1ccc(CN2Cc3ccccc3C(Cc3ccccc3C)C2)cc1. The van der Waals surface area contributed by atoms with Gasteiger partial charge in [0.05, 0.1) is 0 Å². The number of aryl methyl sites for hydroxylation is 2. The largest absolute Gasteiger partial charge is 0.294 e. The summed E-state index contributed by atoms with van der Waals surface area (Å²) in [7, 11) is 0. The maximum absolute atomic E-state index is 2.61. The van der Waals surface area contributed by atoms with E-state index in [0.29, 0.717) is 5.92 Å². The van der Waals surface area contributed by atoms with Crippen LogP contribution in [0.4, 0.5) is 0 Å². The van der Waals surface area contributed by atoms with E-state index >= 15 is 0 Å². The summed E-state index contributed by atoms with van der Waals surface area (Å²) in [4.78, 5) is 2.61. The maximum atomic E-state index is 2.61. The molecule has 0 N–H and O–H groups in total. The summed E-state index contributed by atoms with van der Waals surface area (Å²) in [5.74, 6) is 0.562. The average Bonchev–Trinajstić information content (AvgIpc) is 2.65. The molecule has 0 amide bonds. The van der Waals surface area contributed by atoms with Crippen molar-refractivity contribution < 1.29 is 0 Å². The monoisotopic (exact) mass is 341 g/mol. The lowest BCUT2D eigenvalue weighted by Crippen LogP contribution is -2.34. The van der Waals surface area contributed by atoms with Gasteiger partial charge in [0.2, 0.25) is 0 Å². The Hall–Kier alpha value is -2.38. The number of hydrogen-bond donors (Lipinski definition) is 0. The summed E-state index contributed by atoms with van der Waals surface area (Å²) < 4.78 is 0. The number of rotatable bonds is 4.